The Kier molecular flexibility index (Phi) is 3.39. The van der Waals surface area contributed by atoms with Crippen molar-refractivity contribution in [2.75, 3.05) is 13.1 Å². The van der Waals surface area contributed by atoms with Crippen LogP contribution in [0.25, 0.3) is 0 Å². The second-order valence-corrected chi connectivity index (χ2v) is 5.63. The fourth-order valence-corrected chi connectivity index (χ4v) is 3.26. The van der Waals surface area contributed by atoms with E-state index in [0.29, 0.717) is 0 Å². The van der Waals surface area contributed by atoms with Gasteiger partial charge in [0.25, 0.3) is 0 Å². The van der Waals surface area contributed by atoms with Crippen LogP contribution in [0.15, 0.2) is 60.9 Å². The van der Waals surface area contributed by atoms with E-state index in [1.54, 1.807) is 0 Å². The highest BCUT2D eigenvalue weighted by atomic mass is 15.1. The summed E-state index contributed by atoms with van der Waals surface area (Å²) in [6.45, 7) is 4.39. The molecule has 2 nitrogen and oxygen atoms in total. The molecule has 0 spiro atoms. The molecule has 0 bridgehead atoms. The van der Waals surface area contributed by atoms with E-state index >= 15 is 0 Å². The first-order valence-corrected chi connectivity index (χ1v) is 7.37. The molecule has 0 aliphatic carbocycles. The number of hydrogen-bond acceptors (Lipinski definition) is 1. The molecule has 2 aromatic rings. The van der Waals surface area contributed by atoms with Crippen molar-refractivity contribution >= 4 is 0 Å². The molecule has 1 aliphatic rings. The molecule has 3 rings (SSSR count). The summed E-state index contributed by atoms with van der Waals surface area (Å²) in [5.74, 6) is 0. The lowest BCUT2D eigenvalue weighted by atomic mass is 9.78. The van der Waals surface area contributed by atoms with Crippen LogP contribution in [0.2, 0.25) is 0 Å². The number of aromatic nitrogens is 1. The van der Waals surface area contributed by atoms with Crippen molar-refractivity contribution in [3.63, 3.8) is 0 Å². The van der Waals surface area contributed by atoms with Gasteiger partial charge >= 0.3 is 0 Å². The van der Waals surface area contributed by atoms with Gasteiger partial charge in [-0.3, -0.25) is 0 Å². The highest BCUT2D eigenvalue weighted by molar-refractivity contribution is 5.44. The zero-order chi connectivity index (χ0) is 14.0. The van der Waals surface area contributed by atoms with Gasteiger partial charge in [0.05, 0.1) is 5.41 Å². The molecule has 0 saturated carbocycles. The summed E-state index contributed by atoms with van der Waals surface area (Å²) >= 11 is 0. The van der Waals surface area contributed by atoms with Gasteiger partial charge in [0.1, 0.15) is 0 Å². The van der Waals surface area contributed by atoms with E-state index in [9.17, 15) is 0 Å². The molecule has 1 aromatic heterocycles. The third-order valence-electron chi connectivity index (χ3n) is 4.22. The van der Waals surface area contributed by atoms with Crippen molar-refractivity contribution in [3.05, 3.63) is 72.2 Å². The Morgan fingerprint density at radius 1 is 1.10 bits per heavy atom. The third kappa shape index (κ3) is 2.05. The van der Waals surface area contributed by atoms with Crippen LogP contribution in [0.4, 0.5) is 0 Å². The van der Waals surface area contributed by atoms with Crippen molar-refractivity contribution in [3.8, 4) is 0 Å². The van der Waals surface area contributed by atoms with Gasteiger partial charge in [0.15, 0.2) is 0 Å². The molecule has 0 amide bonds. The summed E-state index contributed by atoms with van der Waals surface area (Å²) in [6, 6.07) is 15.2. The third-order valence-corrected chi connectivity index (χ3v) is 4.22. The minimum absolute atomic E-state index is 0.0192. The van der Waals surface area contributed by atoms with E-state index in [4.69, 9.17) is 0 Å². The van der Waals surface area contributed by atoms with Crippen molar-refractivity contribution in [1.29, 1.82) is 0 Å². The van der Waals surface area contributed by atoms with Crippen molar-refractivity contribution < 1.29 is 0 Å². The van der Waals surface area contributed by atoms with E-state index in [0.717, 1.165) is 13.1 Å². The highest BCUT2D eigenvalue weighted by Crippen LogP contribution is 2.38. The van der Waals surface area contributed by atoms with Gasteiger partial charge in [-0.25, -0.2) is 0 Å². The maximum Gasteiger partial charge on any atom is 0.0725 e. The second-order valence-electron chi connectivity index (χ2n) is 5.63. The Hall–Kier alpha value is -1.96. The second kappa shape index (κ2) is 5.20. The number of benzene rings is 1. The van der Waals surface area contributed by atoms with Gasteiger partial charge in [-0.2, -0.15) is 0 Å². The predicted octanol–water partition coefficient (Wildman–Crippen LogP) is 3.55. The summed E-state index contributed by atoms with van der Waals surface area (Å²) in [5, 5.41) is 0. The van der Waals surface area contributed by atoms with Crippen molar-refractivity contribution in [2.24, 2.45) is 7.05 Å². The highest BCUT2D eigenvalue weighted by Gasteiger charge is 2.38. The molecule has 1 aliphatic heterocycles. The van der Waals surface area contributed by atoms with Crippen molar-refractivity contribution in [2.45, 2.75) is 18.8 Å². The van der Waals surface area contributed by atoms with E-state index in [2.05, 4.69) is 84.4 Å². The first-order chi connectivity index (χ1) is 9.76. The monoisotopic (exact) mass is 266 g/mol. The Labute approximate surface area is 121 Å². The average Bonchev–Trinajstić information content (AvgIpc) is 3.08. The Morgan fingerprint density at radius 3 is 2.55 bits per heavy atom. The number of nitrogens with zero attached hydrogens (tertiary/aromatic N) is 2. The van der Waals surface area contributed by atoms with Crippen LogP contribution in [-0.4, -0.2) is 22.6 Å². The number of rotatable bonds is 4. The lowest BCUT2D eigenvalue weighted by Crippen LogP contribution is -2.35. The van der Waals surface area contributed by atoms with Gasteiger partial charge in [-0.05, 0) is 30.3 Å². The first-order valence-electron chi connectivity index (χ1n) is 7.37. The SMILES string of the molecule is CCCN1C=CC(c2ccccc2)(c2cccn2C)C1. The molecule has 1 atom stereocenters. The molecular formula is C18H22N2. The van der Waals surface area contributed by atoms with E-state index in [1.807, 2.05) is 0 Å². The lowest BCUT2D eigenvalue weighted by molar-refractivity contribution is 0.358. The molecule has 0 saturated heterocycles. The Bertz CT molecular complexity index is 597. The maximum atomic E-state index is 2.43. The van der Waals surface area contributed by atoms with Gasteiger partial charge in [-0.15, -0.1) is 0 Å². The van der Waals surface area contributed by atoms with Crippen LogP contribution in [0.5, 0.6) is 0 Å². The summed E-state index contributed by atoms with van der Waals surface area (Å²) < 4.78 is 2.24. The molecule has 20 heavy (non-hydrogen) atoms. The predicted molar refractivity (Wildman–Crippen MR) is 83.6 cm³/mol. The van der Waals surface area contributed by atoms with Crippen LogP contribution in [0.1, 0.15) is 24.6 Å². The average molecular weight is 266 g/mol. The molecule has 0 N–H and O–H groups in total. The molecule has 2 heteroatoms. The standard InChI is InChI=1S/C18H22N2/c1-3-12-20-14-11-18(15-20,16-8-5-4-6-9-16)17-10-7-13-19(17)2/h4-11,13-14H,3,12,15H2,1-2H3. The van der Waals surface area contributed by atoms with E-state index in [-0.39, 0.29) is 5.41 Å². The van der Waals surface area contributed by atoms with E-state index < -0.39 is 0 Å². The number of hydrogen-bond donors (Lipinski definition) is 0. The summed E-state index contributed by atoms with van der Waals surface area (Å²) in [4.78, 5) is 2.43. The van der Waals surface area contributed by atoms with Gasteiger partial charge < -0.3 is 9.47 Å². The molecule has 104 valence electrons. The summed E-state index contributed by atoms with van der Waals surface area (Å²) in [6.07, 6.45) is 7.95. The summed E-state index contributed by atoms with van der Waals surface area (Å²) in [7, 11) is 2.14. The van der Waals surface area contributed by atoms with Crippen LogP contribution in [-0.2, 0) is 12.5 Å². The Morgan fingerprint density at radius 2 is 1.90 bits per heavy atom. The van der Waals surface area contributed by atoms with Crippen molar-refractivity contribution in [1.82, 2.24) is 9.47 Å². The zero-order valence-corrected chi connectivity index (χ0v) is 12.3. The van der Waals surface area contributed by atoms with E-state index in [1.165, 1.54) is 17.7 Å². The smallest absolute Gasteiger partial charge is 0.0725 e. The molecular weight excluding hydrogens is 244 g/mol. The van der Waals surface area contributed by atoms with Crippen LogP contribution in [0, 0.1) is 0 Å². The molecule has 0 fully saturated rings. The first kappa shape index (κ1) is 13.0. The molecule has 0 radical (unpaired) electrons. The lowest BCUT2D eigenvalue weighted by Gasteiger charge is -2.31. The number of aryl methyl sites for hydroxylation is 1. The zero-order valence-electron chi connectivity index (χ0n) is 12.3. The quantitative estimate of drug-likeness (QED) is 0.821. The minimum atomic E-state index is -0.0192. The summed E-state index contributed by atoms with van der Waals surface area (Å²) in [5.41, 5.74) is 2.71. The van der Waals surface area contributed by atoms with Gasteiger partial charge in [0.2, 0.25) is 0 Å². The molecule has 1 aromatic carbocycles. The minimum Gasteiger partial charge on any atom is -0.376 e. The fourth-order valence-electron chi connectivity index (χ4n) is 3.26. The molecule has 1 unspecified atom stereocenters. The van der Waals surface area contributed by atoms with Crippen LogP contribution >= 0.6 is 0 Å². The topological polar surface area (TPSA) is 8.17 Å². The molecule has 2 heterocycles. The normalized spacial score (nSPS) is 21.6. The largest absolute Gasteiger partial charge is 0.376 e. The fraction of sp³-hybridized carbons (Fsp3) is 0.333. The van der Waals surface area contributed by atoms with Gasteiger partial charge in [0, 0.05) is 32.0 Å². The maximum absolute atomic E-state index is 2.43. The Balaban J connectivity index is 2.07. The van der Waals surface area contributed by atoms with Gasteiger partial charge in [-0.1, -0.05) is 43.3 Å². The van der Waals surface area contributed by atoms with Crippen LogP contribution in [0.3, 0.4) is 0 Å². The van der Waals surface area contributed by atoms with Crippen LogP contribution < -0.4 is 0 Å².